The Morgan fingerprint density at radius 3 is 2.02 bits per heavy atom. The van der Waals surface area contributed by atoms with E-state index in [-0.39, 0.29) is 37.9 Å². The third-order valence-electron chi connectivity index (χ3n) is 7.02. The molecule has 0 aromatic heterocycles. The van der Waals surface area contributed by atoms with E-state index >= 15 is 0 Å². The third-order valence-corrected chi connectivity index (χ3v) is 7.02. The lowest BCUT2D eigenvalue weighted by Gasteiger charge is -2.22. The summed E-state index contributed by atoms with van der Waals surface area (Å²) in [5.41, 5.74) is 15.6. The van der Waals surface area contributed by atoms with Gasteiger partial charge in [-0.2, -0.15) is 0 Å². The van der Waals surface area contributed by atoms with Crippen LogP contribution < -0.4 is 22.1 Å². The van der Waals surface area contributed by atoms with E-state index in [0.29, 0.717) is 12.0 Å². The number of nitrogens with one attached hydrogen (secondary N) is 2. The fourth-order valence-electron chi connectivity index (χ4n) is 5.04. The van der Waals surface area contributed by atoms with Gasteiger partial charge < -0.3 is 31.9 Å². The number of nitrogens with zero attached hydrogens (tertiary/aromatic N) is 1. The maximum atomic E-state index is 13.3. The van der Waals surface area contributed by atoms with Crippen LogP contribution in [0.4, 0.5) is 4.79 Å². The molecule has 1 aliphatic rings. The van der Waals surface area contributed by atoms with Gasteiger partial charge in [0, 0.05) is 18.9 Å². The number of ketones is 1. The lowest BCUT2D eigenvalue weighted by molar-refractivity contribution is -0.150. The molecule has 2 amide bonds. The van der Waals surface area contributed by atoms with Gasteiger partial charge >= 0.3 is 12.1 Å². The van der Waals surface area contributed by atoms with Crippen molar-refractivity contribution in [2.75, 3.05) is 13.2 Å². The molecule has 7 N–H and O–H groups in total. The highest BCUT2D eigenvalue weighted by atomic mass is 16.5. The Morgan fingerprint density at radius 2 is 1.43 bits per heavy atom. The van der Waals surface area contributed by atoms with E-state index in [9.17, 15) is 24.3 Å². The summed E-state index contributed by atoms with van der Waals surface area (Å²) in [5, 5.41) is 14.4. The number of carboxylic acids is 1. The average molecular weight is 572 g/mol. The van der Waals surface area contributed by atoms with Gasteiger partial charge in [-0.1, -0.05) is 78.9 Å². The van der Waals surface area contributed by atoms with E-state index in [1.165, 1.54) is 0 Å². The molecule has 0 spiro atoms. The molecule has 0 radical (unpaired) electrons. The van der Waals surface area contributed by atoms with Crippen molar-refractivity contribution in [3.05, 3.63) is 95.6 Å². The summed E-state index contributed by atoms with van der Waals surface area (Å²) in [4.78, 5) is 54.1. The number of aliphatic carboxylic acids is 1. The second-order valence-electron chi connectivity index (χ2n) is 9.89. The number of nitrogens with two attached hydrogens (primary N) is 2. The molecular formula is C31H33N5O6. The number of rotatable bonds is 13. The topological polar surface area (TPSA) is 186 Å². The molecule has 218 valence electrons. The summed E-state index contributed by atoms with van der Waals surface area (Å²) in [6.07, 6.45) is -0.450. The Morgan fingerprint density at radius 1 is 0.833 bits per heavy atom. The predicted octanol–water partition coefficient (Wildman–Crippen LogP) is 2.33. The molecule has 0 fully saturated rings. The first-order chi connectivity index (χ1) is 20.2. The number of guanidine groups is 1. The summed E-state index contributed by atoms with van der Waals surface area (Å²) in [6, 6.07) is 22.0. The lowest BCUT2D eigenvalue weighted by Crippen LogP contribution is -2.53. The van der Waals surface area contributed by atoms with Crippen LogP contribution in [0, 0.1) is 0 Å². The SMILES string of the molecule is NC(N)=NCCC[C@H](NC(=O)OCC1c2ccccc2-c2ccccc21)C(=O)N[C@@H](Cc1ccccc1)C(=O)C(=O)O. The smallest absolute Gasteiger partial charge is 0.407 e. The number of Topliss-reactive ketones (excluding diaryl/α,β-unsaturated/α-hetero) is 1. The molecule has 1 aliphatic carbocycles. The van der Waals surface area contributed by atoms with Crippen LogP contribution in [0.1, 0.15) is 35.4 Å². The van der Waals surface area contributed by atoms with Gasteiger partial charge in [-0.25, -0.2) is 9.59 Å². The molecule has 0 saturated heterocycles. The van der Waals surface area contributed by atoms with Crippen molar-refractivity contribution in [2.24, 2.45) is 16.5 Å². The number of hydrogen-bond donors (Lipinski definition) is 5. The van der Waals surface area contributed by atoms with Gasteiger partial charge in [0.05, 0.1) is 0 Å². The summed E-state index contributed by atoms with van der Waals surface area (Å²) in [6.45, 7) is 0.232. The fourth-order valence-corrected chi connectivity index (χ4v) is 5.04. The summed E-state index contributed by atoms with van der Waals surface area (Å²) < 4.78 is 5.59. The van der Waals surface area contributed by atoms with Gasteiger partial charge in [-0.15, -0.1) is 0 Å². The third kappa shape index (κ3) is 7.51. The van der Waals surface area contributed by atoms with Crippen molar-refractivity contribution in [3.63, 3.8) is 0 Å². The van der Waals surface area contributed by atoms with Crippen LogP contribution in [0.3, 0.4) is 0 Å². The number of amides is 2. The van der Waals surface area contributed by atoms with Crippen LogP contribution in [0.5, 0.6) is 0 Å². The number of fused-ring (bicyclic) bond motifs is 3. The molecule has 3 aromatic rings. The van der Waals surface area contributed by atoms with Gasteiger partial charge in [0.15, 0.2) is 5.96 Å². The zero-order chi connectivity index (χ0) is 30.1. The largest absolute Gasteiger partial charge is 0.475 e. The van der Waals surface area contributed by atoms with E-state index < -0.39 is 35.8 Å². The number of carbonyl (C=O) groups is 4. The van der Waals surface area contributed by atoms with E-state index in [1.54, 1.807) is 30.3 Å². The van der Waals surface area contributed by atoms with Crippen LogP contribution >= 0.6 is 0 Å². The molecular weight excluding hydrogens is 538 g/mol. The quantitative estimate of drug-likeness (QED) is 0.0895. The minimum Gasteiger partial charge on any atom is -0.475 e. The standard InChI is InChI=1S/C31H33N5O6/c32-30(33)34-16-8-15-25(28(38)35-26(27(37)29(39)40)17-19-9-2-1-3-10-19)36-31(41)42-18-24-22-13-6-4-11-20(22)21-12-5-7-14-23(21)24/h1-7,9-14,24-26H,8,15-18H2,(H,35,38)(H,36,41)(H,39,40)(H4,32,33,34)/t25-,26-/m0/s1. The van der Waals surface area contributed by atoms with E-state index in [1.807, 2.05) is 48.5 Å². The Balaban J connectivity index is 1.45. The predicted molar refractivity (Wildman–Crippen MR) is 157 cm³/mol. The number of carbonyl (C=O) groups excluding carboxylic acids is 3. The van der Waals surface area contributed by atoms with Crippen LogP contribution in [-0.4, -0.2) is 60.1 Å². The number of alkyl carbamates (subject to hydrolysis) is 1. The molecule has 11 nitrogen and oxygen atoms in total. The highest BCUT2D eigenvalue weighted by Gasteiger charge is 2.32. The number of benzene rings is 3. The van der Waals surface area contributed by atoms with Gasteiger partial charge in [0.25, 0.3) is 5.78 Å². The van der Waals surface area contributed by atoms with Crippen LogP contribution in [0.15, 0.2) is 83.9 Å². The number of hydrogen-bond acceptors (Lipinski definition) is 6. The monoisotopic (exact) mass is 571 g/mol. The zero-order valence-electron chi connectivity index (χ0n) is 22.9. The van der Waals surface area contributed by atoms with Gasteiger partial charge in [-0.05, 0) is 40.7 Å². The summed E-state index contributed by atoms with van der Waals surface area (Å²) >= 11 is 0. The van der Waals surface area contributed by atoms with Crippen molar-refractivity contribution < 1.29 is 29.0 Å². The van der Waals surface area contributed by atoms with Crippen molar-refractivity contribution in [1.82, 2.24) is 10.6 Å². The number of ether oxygens (including phenoxy) is 1. The lowest BCUT2D eigenvalue weighted by atomic mass is 9.98. The minimum absolute atomic E-state index is 0.0380. The van der Waals surface area contributed by atoms with Crippen LogP contribution in [0.2, 0.25) is 0 Å². The van der Waals surface area contributed by atoms with Crippen LogP contribution in [0.25, 0.3) is 11.1 Å². The molecule has 0 heterocycles. The first-order valence-electron chi connectivity index (χ1n) is 13.5. The minimum atomic E-state index is -1.68. The highest BCUT2D eigenvalue weighted by Crippen LogP contribution is 2.44. The van der Waals surface area contributed by atoms with E-state index in [4.69, 9.17) is 16.2 Å². The molecule has 0 aliphatic heterocycles. The average Bonchev–Trinajstić information content (AvgIpc) is 3.30. The molecule has 0 bridgehead atoms. The molecule has 2 atom stereocenters. The summed E-state index contributed by atoms with van der Waals surface area (Å²) in [5.74, 6) is -3.88. The second-order valence-corrected chi connectivity index (χ2v) is 9.89. The maximum Gasteiger partial charge on any atom is 0.407 e. The number of aliphatic imine (C=N–C) groups is 1. The van der Waals surface area contributed by atoms with Crippen molar-refractivity contribution in [1.29, 1.82) is 0 Å². The molecule has 0 saturated carbocycles. The van der Waals surface area contributed by atoms with Gasteiger partial charge in [-0.3, -0.25) is 14.6 Å². The van der Waals surface area contributed by atoms with Crippen molar-refractivity contribution >= 4 is 29.7 Å². The van der Waals surface area contributed by atoms with Crippen molar-refractivity contribution in [3.8, 4) is 11.1 Å². The molecule has 42 heavy (non-hydrogen) atoms. The second kappa shape index (κ2) is 13.9. The van der Waals surface area contributed by atoms with Gasteiger partial charge in [0.1, 0.15) is 18.7 Å². The Bertz CT molecular complexity index is 1430. The highest BCUT2D eigenvalue weighted by molar-refractivity contribution is 6.35. The van der Waals surface area contributed by atoms with E-state index in [0.717, 1.165) is 22.3 Å². The molecule has 11 heteroatoms. The molecule has 0 unspecified atom stereocenters. The Kier molecular flexibility index (Phi) is 9.88. The fraction of sp³-hybridized carbons (Fsp3) is 0.258. The molecule has 4 rings (SSSR count). The first kappa shape index (κ1) is 29.8. The van der Waals surface area contributed by atoms with Gasteiger partial charge in [0.2, 0.25) is 5.91 Å². The Hall–Kier alpha value is -5.19. The van der Waals surface area contributed by atoms with E-state index in [2.05, 4.69) is 15.6 Å². The van der Waals surface area contributed by atoms with Crippen LogP contribution in [-0.2, 0) is 25.5 Å². The number of carboxylic acid groups (broad SMARTS) is 1. The Labute approximate surface area is 243 Å². The summed E-state index contributed by atoms with van der Waals surface area (Å²) in [7, 11) is 0. The molecule has 3 aromatic carbocycles. The van der Waals surface area contributed by atoms with Crippen molar-refractivity contribution in [2.45, 2.75) is 37.3 Å². The zero-order valence-corrected chi connectivity index (χ0v) is 22.9. The first-order valence-corrected chi connectivity index (χ1v) is 13.5. The normalized spacial score (nSPS) is 13.1. The maximum absolute atomic E-state index is 13.3.